The molecule has 0 aliphatic rings. The standard InChI is InChI=1S/C13H19ClFNO/c1-13(2,3)10-5-8(4-9(17)7-16)6-11(14)12(10)15/h5-6,9,17H,4,7,16H2,1-3H3/t9-/m0/s1. The van der Waals surface area contributed by atoms with Gasteiger partial charge < -0.3 is 10.8 Å². The Labute approximate surface area is 107 Å². The zero-order chi connectivity index (χ0) is 13.2. The van der Waals surface area contributed by atoms with Gasteiger partial charge in [-0.15, -0.1) is 0 Å². The fourth-order valence-electron chi connectivity index (χ4n) is 1.66. The lowest BCUT2D eigenvalue weighted by Gasteiger charge is -2.22. The molecule has 0 radical (unpaired) electrons. The summed E-state index contributed by atoms with van der Waals surface area (Å²) in [4.78, 5) is 0. The number of benzene rings is 1. The van der Waals surface area contributed by atoms with Crippen molar-refractivity contribution < 1.29 is 9.50 Å². The van der Waals surface area contributed by atoms with Crippen molar-refractivity contribution in [3.05, 3.63) is 34.1 Å². The molecule has 0 aromatic heterocycles. The third kappa shape index (κ3) is 3.66. The normalized spacial score (nSPS) is 13.8. The highest BCUT2D eigenvalue weighted by Gasteiger charge is 2.21. The molecule has 1 aromatic carbocycles. The summed E-state index contributed by atoms with van der Waals surface area (Å²) in [6, 6.07) is 3.30. The maximum absolute atomic E-state index is 13.9. The lowest BCUT2D eigenvalue weighted by molar-refractivity contribution is 0.183. The zero-order valence-corrected chi connectivity index (χ0v) is 11.2. The molecule has 1 rings (SSSR count). The molecule has 1 aromatic rings. The van der Waals surface area contributed by atoms with Crippen LogP contribution in [0.25, 0.3) is 0 Å². The predicted molar refractivity (Wildman–Crippen MR) is 68.9 cm³/mol. The van der Waals surface area contributed by atoms with E-state index >= 15 is 0 Å². The van der Waals surface area contributed by atoms with Gasteiger partial charge in [0.2, 0.25) is 0 Å². The van der Waals surface area contributed by atoms with Crippen LogP contribution in [0, 0.1) is 5.82 Å². The molecule has 96 valence electrons. The van der Waals surface area contributed by atoms with Gasteiger partial charge in [0.25, 0.3) is 0 Å². The van der Waals surface area contributed by atoms with Gasteiger partial charge >= 0.3 is 0 Å². The molecular weight excluding hydrogens is 241 g/mol. The van der Waals surface area contributed by atoms with E-state index in [9.17, 15) is 9.50 Å². The van der Waals surface area contributed by atoms with Crippen LogP contribution in [0.3, 0.4) is 0 Å². The van der Waals surface area contributed by atoms with Gasteiger partial charge in [-0.3, -0.25) is 0 Å². The molecule has 2 nitrogen and oxygen atoms in total. The van der Waals surface area contributed by atoms with E-state index in [1.54, 1.807) is 12.1 Å². The Morgan fingerprint density at radius 3 is 2.47 bits per heavy atom. The SMILES string of the molecule is CC(C)(C)c1cc(C[C@H](O)CN)cc(Cl)c1F. The summed E-state index contributed by atoms with van der Waals surface area (Å²) in [5.41, 5.74) is 6.40. The first-order valence-electron chi connectivity index (χ1n) is 5.62. The van der Waals surface area contributed by atoms with E-state index in [0.29, 0.717) is 12.0 Å². The van der Waals surface area contributed by atoms with Crippen molar-refractivity contribution in [1.29, 1.82) is 0 Å². The average Bonchev–Trinajstić information content (AvgIpc) is 2.21. The Morgan fingerprint density at radius 2 is 2.00 bits per heavy atom. The van der Waals surface area contributed by atoms with Crippen molar-refractivity contribution in [2.45, 2.75) is 38.7 Å². The number of aliphatic hydroxyl groups is 1. The lowest BCUT2D eigenvalue weighted by Crippen LogP contribution is -2.22. The molecule has 17 heavy (non-hydrogen) atoms. The topological polar surface area (TPSA) is 46.2 Å². The number of hydrogen-bond acceptors (Lipinski definition) is 2. The molecule has 0 saturated carbocycles. The highest BCUT2D eigenvalue weighted by Crippen LogP contribution is 2.30. The summed E-state index contributed by atoms with van der Waals surface area (Å²) < 4.78 is 13.9. The monoisotopic (exact) mass is 259 g/mol. The van der Waals surface area contributed by atoms with Crippen LogP contribution in [-0.2, 0) is 11.8 Å². The second kappa shape index (κ2) is 5.34. The van der Waals surface area contributed by atoms with Crippen molar-refractivity contribution in [2.75, 3.05) is 6.54 Å². The second-order valence-corrected chi connectivity index (χ2v) is 5.69. The fraction of sp³-hybridized carbons (Fsp3) is 0.538. The van der Waals surface area contributed by atoms with Gasteiger partial charge in [-0.05, 0) is 29.0 Å². The van der Waals surface area contributed by atoms with Gasteiger partial charge in [-0.25, -0.2) is 4.39 Å². The van der Waals surface area contributed by atoms with Gasteiger partial charge in [-0.2, -0.15) is 0 Å². The minimum absolute atomic E-state index is 0.0941. The van der Waals surface area contributed by atoms with Gasteiger partial charge in [0.05, 0.1) is 11.1 Å². The molecule has 0 bridgehead atoms. The molecular formula is C13H19ClFNO. The molecule has 0 saturated heterocycles. The molecule has 0 unspecified atom stereocenters. The zero-order valence-electron chi connectivity index (χ0n) is 10.4. The van der Waals surface area contributed by atoms with Crippen molar-refractivity contribution in [3.63, 3.8) is 0 Å². The Bertz CT molecular complexity index is 401. The molecule has 0 amide bonds. The maximum atomic E-state index is 13.9. The third-order valence-corrected chi connectivity index (χ3v) is 2.91. The van der Waals surface area contributed by atoms with Crippen molar-refractivity contribution in [2.24, 2.45) is 5.73 Å². The minimum atomic E-state index is -0.621. The number of rotatable bonds is 3. The van der Waals surface area contributed by atoms with E-state index in [1.165, 1.54) is 0 Å². The number of halogens is 2. The van der Waals surface area contributed by atoms with E-state index < -0.39 is 6.10 Å². The van der Waals surface area contributed by atoms with Gasteiger partial charge in [0.15, 0.2) is 0 Å². The maximum Gasteiger partial charge on any atom is 0.145 e. The van der Waals surface area contributed by atoms with Gasteiger partial charge in [0, 0.05) is 6.54 Å². The first-order chi connectivity index (χ1) is 7.75. The molecule has 3 N–H and O–H groups in total. The Kier molecular flexibility index (Phi) is 4.53. The molecule has 0 aliphatic heterocycles. The Morgan fingerprint density at radius 1 is 1.41 bits per heavy atom. The van der Waals surface area contributed by atoms with E-state index in [1.807, 2.05) is 20.8 Å². The first kappa shape index (κ1) is 14.4. The summed E-state index contributed by atoms with van der Waals surface area (Å²) in [7, 11) is 0. The largest absolute Gasteiger partial charge is 0.391 e. The quantitative estimate of drug-likeness (QED) is 0.877. The average molecular weight is 260 g/mol. The molecule has 4 heteroatoms. The van der Waals surface area contributed by atoms with E-state index in [2.05, 4.69) is 0 Å². The minimum Gasteiger partial charge on any atom is -0.391 e. The van der Waals surface area contributed by atoms with E-state index in [4.69, 9.17) is 17.3 Å². The fourth-order valence-corrected chi connectivity index (χ4v) is 1.91. The van der Waals surface area contributed by atoms with Crippen LogP contribution in [0.4, 0.5) is 4.39 Å². The summed E-state index contributed by atoms with van der Waals surface area (Å²) in [5.74, 6) is -0.384. The van der Waals surface area contributed by atoms with Crippen molar-refractivity contribution >= 4 is 11.6 Å². The molecule has 0 spiro atoms. The van der Waals surface area contributed by atoms with Crippen LogP contribution in [0.2, 0.25) is 5.02 Å². The molecule has 0 aliphatic carbocycles. The number of hydrogen-bond donors (Lipinski definition) is 2. The smallest absolute Gasteiger partial charge is 0.145 e. The predicted octanol–water partition coefficient (Wildman–Crippen LogP) is 2.64. The number of nitrogens with two attached hydrogens (primary N) is 1. The summed E-state index contributed by atoms with van der Waals surface area (Å²) >= 11 is 5.86. The van der Waals surface area contributed by atoms with Crippen molar-refractivity contribution in [1.82, 2.24) is 0 Å². The van der Waals surface area contributed by atoms with Crippen LogP contribution >= 0.6 is 11.6 Å². The third-order valence-electron chi connectivity index (χ3n) is 2.64. The highest BCUT2D eigenvalue weighted by atomic mass is 35.5. The molecule has 0 fully saturated rings. The van der Waals surface area contributed by atoms with Crippen LogP contribution in [-0.4, -0.2) is 17.8 Å². The van der Waals surface area contributed by atoms with E-state index in [0.717, 1.165) is 5.56 Å². The summed E-state index contributed by atoms with van der Waals surface area (Å²) in [6.07, 6.45) is -0.233. The van der Waals surface area contributed by atoms with Crippen LogP contribution in [0.5, 0.6) is 0 Å². The van der Waals surface area contributed by atoms with E-state index in [-0.39, 0.29) is 22.8 Å². The first-order valence-corrected chi connectivity index (χ1v) is 6.00. The summed E-state index contributed by atoms with van der Waals surface area (Å²) in [6.45, 7) is 5.94. The molecule has 1 atom stereocenters. The Hall–Kier alpha value is -0.640. The van der Waals surface area contributed by atoms with Gasteiger partial charge in [0.1, 0.15) is 5.82 Å². The van der Waals surface area contributed by atoms with Crippen LogP contribution in [0.15, 0.2) is 12.1 Å². The molecule has 0 heterocycles. The Balaban J connectivity index is 3.15. The number of aliphatic hydroxyl groups excluding tert-OH is 1. The van der Waals surface area contributed by atoms with Gasteiger partial charge in [-0.1, -0.05) is 38.4 Å². The highest BCUT2D eigenvalue weighted by molar-refractivity contribution is 6.30. The lowest BCUT2D eigenvalue weighted by atomic mass is 9.85. The van der Waals surface area contributed by atoms with Crippen LogP contribution in [0.1, 0.15) is 31.9 Å². The van der Waals surface area contributed by atoms with Crippen molar-refractivity contribution in [3.8, 4) is 0 Å². The second-order valence-electron chi connectivity index (χ2n) is 5.28. The summed E-state index contributed by atoms with van der Waals surface area (Å²) in [5, 5.41) is 9.60. The van der Waals surface area contributed by atoms with Crippen LogP contribution < -0.4 is 5.73 Å².